The molecule has 0 amide bonds. The Hall–Kier alpha value is -0.700. The van der Waals surface area contributed by atoms with Crippen molar-refractivity contribution in [3.05, 3.63) is 29.2 Å². The predicted octanol–water partition coefficient (Wildman–Crippen LogP) is 4.40. The summed E-state index contributed by atoms with van der Waals surface area (Å²) in [5, 5.41) is 0. The van der Waals surface area contributed by atoms with E-state index in [-0.39, 0.29) is 6.04 Å². The van der Waals surface area contributed by atoms with Crippen molar-refractivity contribution in [2.24, 2.45) is 11.7 Å². The summed E-state index contributed by atoms with van der Waals surface area (Å²) in [7, 11) is 0. The van der Waals surface area contributed by atoms with Crippen LogP contribution in [-0.4, -0.2) is 22.1 Å². The summed E-state index contributed by atoms with van der Waals surface area (Å²) in [4.78, 5) is 2.00. The molecule has 0 saturated heterocycles. The van der Waals surface area contributed by atoms with Crippen LogP contribution in [0.3, 0.4) is 0 Å². The quantitative estimate of drug-likeness (QED) is 0.457. The molecule has 0 bridgehead atoms. The van der Waals surface area contributed by atoms with Crippen molar-refractivity contribution in [3.63, 3.8) is 0 Å². The molecule has 120 valence electrons. The zero-order valence-corrected chi connectivity index (χ0v) is 14.8. The van der Waals surface area contributed by atoms with Crippen molar-refractivity contribution < 1.29 is 4.39 Å². The van der Waals surface area contributed by atoms with Gasteiger partial charge in [0.05, 0.1) is 5.70 Å². The van der Waals surface area contributed by atoms with Crippen molar-refractivity contribution in [2.45, 2.75) is 71.1 Å². The highest BCUT2D eigenvalue weighted by atomic mass is 32.1. The Morgan fingerprint density at radius 3 is 2.48 bits per heavy atom. The maximum Gasteiger partial charge on any atom is 0.123 e. The zero-order valence-electron chi connectivity index (χ0n) is 13.9. The van der Waals surface area contributed by atoms with Gasteiger partial charge in [-0.1, -0.05) is 25.7 Å². The molecule has 0 spiro atoms. The second-order valence-electron chi connectivity index (χ2n) is 6.62. The van der Waals surface area contributed by atoms with Crippen LogP contribution in [0, 0.1) is 5.92 Å². The van der Waals surface area contributed by atoms with Crippen molar-refractivity contribution in [1.29, 1.82) is 0 Å². The topological polar surface area (TPSA) is 29.3 Å². The van der Waals surface area contributed by atoms with E-state index in [9.17, 15) is 4.39 Å². The van der Waals surface area contributed by atoms with Gasteiger partial charge in [-0.25, -0.2) is 4.39 Å². The molecule has 1 aliphatic carbocycles. The lowest BCUT2D eigenvalue weighted by atomic mass is 9.92. The molecule has 2 nitrogen and oxygen atoms in total. The Labute approximate surface area is 134 Å². The van der Waals surface area contributed by atoms with Crippen LogP contribution in [0.15, 0.2) is 29.2 Å². The smallest absolute Gasteiger partial charge is 0.123 e. The molecular weight excluding hydrogens is 283 g/mol. The second kappa shape index (κ2) is 7.53. The van der Waals surface area contributed by atoms with Gasteiger partial charge in [0.1, 0.15) is 11.2 Å². The maximum atomic E-state index is 14.4. The Kier molecular flexibility index (Phi) is 6.58. The average Bonchev–Trinajstić information content (AvgIpc) is 2.38. The molecule has 1 aliphatic rings. The number of alkyl halides is 1. The highest BCUT2D eigenvalue weighted by Gasteiger charge is 2.24. The molecule has 0 saturated carbocycles. The van der Waals surface area contributed by atoms with Gasteiger partial charge in [0.15, 0.2) is 0 Å². The first-order valence-corrected chi connectivity index (χ1v) is 8.23. The summed E-state index contributed by atoms with van der Waals surface area (Å²) < 4.78 is 14.4. The molecule has 0 fully saturated rings. The standard InChI is InChI=1S/C17H29FN2S/c1-12(2)14-8-10-17(5,18)9-6-7-15(11-14)20(13(3)4)16(19)21/h6-7,12-13,16,21H,8-10,19H2,1-5H3. The third-order valence-corrected chi connectivity index (χ3v) is 4.09. The molecule has 0 aromatic carbocycles. The Morgan fingerprint density at radius 1 is 1.38 bits per heavy atom. The van der Waals surface area contributed by atoms with Crippen molar-refractivity contribution in [3.8, 4) is 0 Å². The van der Waals surface area contributed by atoms with E-state index in [1.165, 1.54) is 0 Å². The number of hydrogen-bond donors (Lipinski definition) is 2. The molecule has 1 rings (SSSR count). The van der Waals surface area contributed by atoms with Crippen molar-refractivity contribution >= 4 is 12.6 Å². The highest BCUT2D eigenvalue weighted by molar-refractivity contribution is 7.80. The number of nitrogens with zero attached hydrogens (tertiary/aromatic N) is 1. The van der Waals surface area contributed by atoms with E-state index in [1.807, 2.05) is 17.1 Å². The van der Waals surface area contributed by atoms with Gasteiger partial charge in [0.2, 0.25) is 0 Å². The Bertz CT molecular complexity index is 436. The average molecular weight is 312 g/mol. The summed E-state index contributed by atoms with van der Waals surface area (Å²) in [6.07, 6.45) is 5.49. The molecule has 0 aromatic heterocycles. The van der Waals surface area contributed by atoms with Gasteiger partial charge in [0, 0.05) is 6.04 Å². The normalized spacial score (nSPS) is 25.0. The van der Waals surface area contributed by atoms with Crippen molar-refractivity contribution in [2.75, 3.05) is 0 Å². The molecule has 2 unspecified atom stereocenters. The summed E-state index contributed by atoms with van der Waals surface area (Å²) in [5.74, 6) is 0.340. The third kappa shape index (κ3) is 5.54. The first kappa shape index (κ1) is 18.3. The Balaban J connectivity index is 3.33. The van der Waals surface area contributed by atoms with Crippen LogP contribution in [0.1, 0.15) is 53.9 Å². The van der Waals surface area contributed by atoms with Crippen LogP contribution in [0.25, 0.3) is 0 Å². The minimum Gasteiger partial charge on any atom is -0.339 e. The monoisotopic (exact) mass is 312 g/mol. The van der Waals surface area contributed by atoms with E-state index >= 15 is 0 Å². The van der Waals surface area contributed by atoms with Crippen LogP contribution in [0.4, 0.5) is 4.39 Å². The fourth-order valence-electron chi connectivity index (χ4n) is 2.49. The number of nitrogens with two attached hydrogens (primary N) is 1. The molecule has 4 heteroatoms. The maximum absolute atomic E-state index is 14.4. The van der Waals surface area contributed by atoms with Crippen molar-refractivity contribution in [1.82, 2.24) is 4.90 Å². The number of halogens is 1. The first-order valence-electron chi connectivity index (χ1n) is 7.71. The van der Waals surface area contributed by atoms with Crippen LogP contribution >= 0.6 is 12.6 Å². The van der Waals surface area contributed by atoms with E-state index in [0.29, 0.717) is 18.8 Å². The van der Waals surface area contributed by atoms with E-state index < -0.39 is 11.2 Å². The molecular formula is C17H29FN2S. The molecule has 0 heterocycles. The Morgan fingerprint density at radius 2 is 2.00 bits per heavy atom. The number of hydrogen-bond acceptors (Lipinski definition) is 3. The van der Waals surface area contributed by atoms with Gasteiger partial charge in [-0.15, -0.1) is 12.6 Å². The summed E-state index contributed by atoms with van der Waals surface area (Å²) in [6.45, 7) is 10.1. The van der Waals surface area contributed by atoms with Crippen LogP contribution in [0.2, 0.25) is 0 Å². The largest absolute Gasteiger partial charge is 0.339 e. The summed E-state index contributed by atoms with van der Waals surface area (Å²) in [6, 6.07) is 0.204. The minimum atomic E-state index is -1.17. The fraction of sp³-hybridized carbons (Fsp3) is 0.706. The van der Waals surface area contributed by atoms with E-state index in [1.54, 1.807) is 6.92 Å². The van der Waals surface area contributed by atoms with Gasteiger partial charge in [-0.05, 0) is 57.6 Å². The lowest BCUT2D eigenvalue weighted by molar-refractivity contribution is 0.178. The number of thiol groups is 1. The van der Waals surface area contributed by atoms with E-state index in [4.69, 9.17) is 5.73 Å². The van der Waals surface area contributed by atoms with Crippen LogP contribution in [0.5, 0.6) is 0 Å². The second-order valence-corrected chi connectivity index (χ2v) is 7.15. The summed E-state index contributed by atoms with van der Waals surface area (Å²) >= 11 is 4.37. The van der Waals surface area contributed by atoms with Gasteiger partial charge in [-0.2, -0.15) is 0 Å². The zero-order chi connectivity index (χ0) is 16.2. The number of rotatable bonds is 4. The SMILES string of the molecule is CC(C)C1=C=C(N(C(C)C)C(N)S)C=CCC(C)(F)CC1. The van der Waals surface area contributed by atoms with Gasteiger partial charge >= 0.3 is 0 Å². The molecule has 0 radical (unpaired) electrons. The molecule has 21 heavy (non-hydrogen) atoms. The summed E-state index contributed by atoms with van der Waals surface area (Å²) in [5.41, 5.74) is 9.93. The molecule has 2 atom stereocenters. The van der Waals surface area contributed by atoms with Crippen LogP contribution < -0.4 is 5.73 Å². The molecule has 2 N–H and O–H groups in total. The van der Waals surface area contributed by atoms with Gasteiger partial charge in [-0.3, -0.25) is 0 Å². The number of allylic oxidation sites excluding steroid dienone is 2. The highest BCUT2D eigenvalue weighted by Crippen LogP contribution is 2.29. The lowest BCUT2D eigenvalue weighted by Gasteiger charge is -2.32. The lowest BCUT2D eigenvalue weighted by Crippen LogP contribution is -2.41. The predicted molar refractivity (Wildman–Crippen MR) is 91.8 cm³/mol. The van der Waals surface area contributed by atoms with E-state index in [0.717, 1.165) is 17.7 Å². The fourth-order valence-corrected chi connectivity index (χ4v) is 2.88. The minimum absolute atomic E-state index is 0.204. The van der Waals surface area contributed by atoms with Gasteiger partial charge < -0.3 is 10.6 Å². The van der Waals surface area contributed by atoms with E-state index in [2.05, 4.69) is 46.1 Å². The van der Waals surface area contributed by atoms with Gasteiger partial charge in [0.25, 0.3) is 0 Å². The third-order valence-electron chi connectivity index (χ3n) is 3.84. The molecule has 0 aromatic rings. The molecule has 0 aliphatic heterocycles. The van der Waals surface area contributed by atoms with Crippen LogP contribution in [-0.2, 0) is 0 Å². The first-order chi connectivity index (χ1) is 9.64.